The van der Waals surface area contributed by atoms with Crippen molar-refractivity contribution in [1.29, 1.82) is 0 Å². The van der Waals surface area contributed by atoms with Crippen LogP contribution in [0.4, 0.5) is 9.59 Å². The van der Waals surface area contributed by atoms with E-state index in [1.54, 1.807) is 0 Å². The quantitative estimate of drug-likeness (QED) is 0.267. The number of imidazole rings is 1. The largest absolute Gasteiger partial charge is 0.485 e. The first-order chi connectivity index (χ1) is 27.4. The van der Waals surface area contributed by atoms with Gasteiger partial charge in [0.05, 0.1) is 50.8 Å². The Kier molecular flexibility index (Phi) is 11.9. The van der Waals surface area contributed by atoms with Crippen LogP contribution in [0, 0.1) is 17.8 Å². The highest BCUT2D eigenvalue weighted by Gasteiger charge is 2.41. The van der Waals surface area contributed by atoms with Gasteiger partial charge >= 0.3 is 12.2 Å². The fraction of sp³-hybridized carbons (Fsp3) is 0.571. The number of fused-ring (bicyclic) bond motifs is 2. The fourth-order valence-corrected chi connectivity index (χ4v) is 8.77. The van der Waals surface area contributed by atoms with Crippen LogP contribution >= 0.6 is 0 Å². The van der Waals surface area contributed by atoms with Crippen LogP contribution in [0.5, 0.6) is 5.75 Å². The number of hydrogen-bond donors (Lipinski definition) is 4. The number of rotatable bonds is 10. The molecule has 7 atom stereocenters. The molecule has 0 saturated carbocycles. The second-order valence-electron chi connectivity index (χ2n) is 16.3. The van der Waals surface area contributed by atoms with Crippen LogP contribution < -0.4 is 20.7 Å². The topological polar surface area (TPSA) is 180 Å². The molecule has 4 amide bonds. The Morgan fingerprint density at radius 2 is 1.54 bits per heavy atom. The molecule has 1 aromatic carbocycles. The maximum atomic E-state index is 13.6. The Bertz CT molecular complexity index is 1940. The van der Waals surface area contributed by atoms with Crippen molar-refractivity contribution < 1.29 is 33.4 Å². The number of alkyl carbamates (subject to hydrolysis) is 2. The molecule has 306 valence electrons. The van der Waals surface area contributed by atoms with E-state index in [9.17, 15) is 19.2 Å². The third-order valence-electron chi connectivity index (χ3n) is 11.9. The molecular formula is C42H56N8O7. The van der Waals surface area contributed by atoms with Gasteiger partial charge in [0.2, 0.25) is 11.8 Å². The molecule has 1 aliphatic carbocycles. The Morgan fingerprint density at radius 3 is 2.19 bits per heavy atom. The van der Waals surface area contributed by atoms with E-state index >= 15 is 0 Å². The minimum absolute atomic E-state index is 0.00195. The molecule has 4 aliphatic heterocycles. The van der Waals surface area contributed by atoms with Crippen molar-refractivity contribution in [3.63, 3.8) is 0 Å². The summed E-state index contributed by atoms with van der Waals surface area (Å²) in [5.41, 5.74) is 4.16. The first-order valence-corrected chi connectivity index (χ1v) is 20.3. The van der Waals surface area contributed by atoms with Crippen molar-refractivity contribution in [3.8, 4) is 17.0 Å². The summed E-state index contributed by atoms with van der Waals surface area (Å²) in [5, 5.41) is 9.07. The van der Waals surface area contributed by atoms with Crippen molar-refractivity contribution in [3.05, 3.63) is 59.6 Å². The number of amidine groups is 1. The lowest BCUT2D eigenvalue weighted by Gasteiger charge is -2.31. The summed E-state index contributed by atoms with van der Waals surface area (Å²) in [6, 6.07) is 4.52. The van der Waals surface area contributed by atoms with Gasteiger partial charge in [-0.1, -0.05) is 39.8 Å². The zero-order chi connectivity index (χ0) is 40.4. The van der Waals surface area contributed by atoms with E-state index in [4.69, 9.17) is 24.2 Å². The number of likely N-dealkylation sites (tertiary alicyclic amines) is 2. The minimum atomic E-state index is -0.691. The van der Waals surface area contributed by atoms with Crippen LogP contribution in [-0.2, 0) is 25.5 Å². The van der Waals surface area contributed by atoms with Crippen molar-refractivity contribution in [1.82, 2.24) is 35.7 Å². The van der Waals surface area contributed by atoms with E-state index in [0.717, 1.165) is 72.8 Å². The lowest BCUT2D eigenvalue weighted by Crippen LogP contribution is -2.55. The zero-order valence-electron chi connectivity index (χ0n) is 33.7. The molecule has 0 radical (unpaired) electrons. The predicted octanol–water partition coefficient (Wildman–Crippen LogP) is 4.67. The Hall–Kier alpha value is -5.34. The Balaban J connectivity index is 0.985. The number of nitrogens with one attached hydrogen (secondary N) is 4. The van der Waals surface area contributed by atoms with Crippen LogP contribution in [0.25, 0.3) is 11.3 Å². The van der Waals surface area contributed by atoms with Crippen LogP contribution in [0.15, 0.2) is 53.2 Å². The third-order valence-corrected chi connectivity index (χ3v) is 11.9. The van der Waals surface area contributed by atoms with Crippen LogP contribution in [0.2, 0.25) is 0 Å². The van der Waals surface area contributed by atoms with Crippen LogP contribution in [-0.4, -0.2) is 114 Å². The Morgan fingerprint density at radius 1 is 0.895 bits per heavy atom. The molecule has 1 aromatic heterocycles. The van der Waals surface area contributed by atoms with Gasteiger partial charge in [0.15, 0.2) is 0 Å². The van der Waals surface area contributed by atoms with Gasteiger partial charge < -0.3 is 44.9 Å². The molecule has 5 heterocycles. The SMILES string of the molecule is COC(=O)N[C@H](C(=O)N1CCC[C@H]1C1=NCC(C2=CC3CCc4cc(-c5cnc([C@@H]6CCCN6C(=O)[C@@H](NC(=O)OC)C(C)C)[nH]5)ccc4OC3C=C2)N1)C(C)C. The van der Waals surface area contributed by atoms with E-state index in [-0.39, 0.29) is 53.8 Å². The summed E-state index contributed by atoms with van der Waals surface area (Å²) >= 11 is 0. The van der Waals surface area contributed by atoms with Crippen molar-refractivity contribution in [2.45, 2.75) is 103 Å². The highest BCUT2D eigenvalue weighted by atomic mass is 16.5. The van der Waals surface area contributed by atoms with Gasteiger partial charge in [0.25, 0.3) is 0 Å². The lowest BCUT2D eigenvalue weighted by atomic mass is 9.87. The average Bonchev–Trinajstić information content (AvgIpc) is 4.04. The van der Waals surface area contributed by atoms with Gasteiger partial charge in [0, 0.05) is 24.6 Å². The summed E-state index contributed by atoms with van der Waals surface area (Å²) < 4.78 is 16.2. The monoisotopic (exact) mass is 784 g/mol. The van der Waals surface area contributed by atoms with Gasteiger partial charge in [-0.3, -0.25) is 14.6 Å². The number of carbonyl (C=O) groups excluding carboxylic acids is 4. The lowest BCUT2D eigenvalue weighted by molar-refractivity contribution is -0.135. The number of hydrogen-bond acceptors (Lipinski definition) is 10. The van der Waals surface area contributed by atoms with E-state index in [1.165, 1.54) is 19.8 Å². The van der Waals surface area contributed by atoms with Crippen molar-refractivity contribution in [2.75, 3.05) is 33.9 Å². The number of aromatic nitrogens is 2. The summed E-state index contributed by atoms with van der Waals surface area (Å²) in [7, 11) is 2.59. The molecule has 4 N–H and O–H groups in total. The molecule has 2 saturated heterocycles. The molecule has 7 rings (SSSR count). The van der Waals surface area contributed by atoms with Crippen molar-refractivity contribution >= 4 is 29.8 Å². The molecule has 15 nitrogen and oxygen atoms in total. The van der Waals surface area contributed by atoms with E-state index < -0.39 is 24.3 Å². The van der Waals surface area contributed by atoms with Gasteiger partial charge in [-0.05, 0) is 85.8 Å². The number of methoxy groups -OCH3 is 2. The second-order valence-corrected chi connectivity index (χ2v) is 16.3. The second kappa shape index (κ2) is 17.0. The number of carbonyl (C=O) groups is 4. The molecule has 3 unspecified atom stereocenters. The molecule has 0 bridgehead atoms. The maximum absolute atomic E-state index is 13.6. The first-order valence-electron chi connectivity index (χ1n) is 20.3. The number of aryl methyl sites for hydroxylation is 1. The van der Waals surface area contributed by atoms with E-state index in [2.05, 4.69) is 45.2 Å². The molecule has 2 aromatic rings. The standard InChI is InChI=1S/C42H56N8O7/c1-23(2)35(47-41(53)55-5)39(51)49-17-7-9-31(49)37-43-21-29(45-37)25-13-15-33-27(19-25)11-12-28-20-26(14-16-34(28)57-33)30-22-44-38(46-30)32-10-8-18-50(32)40(52)36(24(3)4)48-42(54)56-6/h13-16,19-21,23-24,28,30-32,34-36H,7-12,17-18,22H2,1-6H3,(H,43,45)(H,44,46)(H,47,53)(H,48,54)/t28?,30?,31-,32-,34?,35-,36-/m0/s1. The van der Waals surface area contributed by atoms with Crippen LogP contribution in [0.1, 0.15) is 77.2 Å². The summed E-state index contributed by atoms with van der Waals surface area (Å²) in [6.45, 7) is 9.44. The highest BCUT2D eigenvalue weighted by molar-refractivity contribution is 5.95. The fourth-order valence-electron chi connectivity index (χ4n) is 8.77. The number of H-pyrrole nitrogens is 1. The van der Waals surface area contributed by atoms with Gasteiger partial charge in [-0.25, -0.2) is 14.6 Å². The number of aliphatic imine (C=N–C) groups is 1. The number of benzene rings is 1. The average molecular weight is 785 g/mol. The number of amides is 4. The van der Waals surface area contributed by atoms with Gasteiger partial charge in [-0.2, -0.15) is 0 Å². The molecule has 57 heavy (non-hydrogen) atoms. The van der Waals surface area contributed by atoms with E-state index in [1.807, 2.05) is 55.8 Å². The normalized spacial score (nSPS) is 25.0. The minimum Gasteiger partial charge on any atom is -0.485 e. The smallest absolute Gasteiger partial charge is 0.407 e. The maximum Gasteiger partial charge on any atom is 0.407 e. The third kappa shape index (κ3) is 8.38. The van der Waals surface area contributed by atoms with Gasteiger partial charge in [-0.15, -0.1) is 0 Å². The molecular weight excluding hydrogens is 729 g/mol. The number of aromatic amines is 1. The van der Waals surface area contributed by atoms with Crippen molar-refractivity contribution in [2.24, 2.45) is 22.7 Å². The first kappa shape index (κ1) is 39.9. The zero-order valence-corrected chi connectivity index (χ0v) is 33.7. The molecule has 2 fully saturated rings. The summed E-state index contributed by atoms with van der Waals surface area (Å²) in [5.74, 6) is 2.15. The van der Waals surface area contributed by atoms with Crippen LogP contribution in [0.3, 0.4) is 0 Å². The molecule has 5 aliphatic rings. The van der Waals surface area contributed by atoms with Gasteiger partial charge in [0.1, 0.15) is 35.6 Å². The Labute approximate surface area is 334 Å². The molecule has 0 spiro atoms. The number of ether oxygens (including phenoxy) is 3. The highest BCUT2D eigenvalue weighted by Crippen LogP contribution is 2.38. The summed E-state index contributed by atoms with van der Waals surface area (Å²) in [6.07, 6.45) is 12.2. The van der Waals surface area contributed by atoms with E-state index in [0.29, 0.717) is 19.6 Å². The molecule has 15 heteroatoms. The predicted molar refractivity (Wildman–Crippen MR) is 213 cm³/mol. The summed E-state index contributed by atoms with van der Waals surface area (Å²) in [4.78, 5) is 68.1. The number of nitrogens with zero attached hydrogens (tertiary/aromatic N) is 4.